The summed E-state index contributed by atoms with van der Waals surface area (Å²) in [6, 6.07) is 7.60. The smallest absolute Gasteiger partial charge is 0.282 e. The molecule has 0 bridgehead atoms. The second kappa shape index (κ2) is 7.09. The van der Waals surface area contributed by atoms with Gasteiger partial charge in [0.1, 0.15) is 11.5 Å². The Morgan fingerprint density at radius 3 is 2.70 bits per heavy atom. The van der Waals surface area contributed by atoms with Gasteiger partial charge < -0.3 is 4.90 Å². The Bertz CT molecular complexity index is 941. The third-order valence-corrected chi connectivity index (χ3v) is 6.14. The number of carbonyl (C=O) groups excluding carboxylic acids is 2. The molecular weight excluding hydrogens is 387 g/mol. The molecule has 7 heteroatoms. The summed E-state index contributed by atoms with van der Waals surface area (Å²) in [5, 5.41) is 1.76. The molecule has 0 N–H and O–H groups in total. The van der Waals surface area contributed by atoms with E-state index in [1.807, 2.05) is 22.4 Å². The Hall–Kier alpha value is -2.18. The third kappa shape index (κ3) is 3.17. The van der Waals surface area contributed by atoms with Crippen LogP contribution in [0.2, 0.25) is 5.02 Å². The lowest BCUT2D eigenvalue weighted by molar-refractivity contribution is -0.120. The molecule has 1 fully saturated rings. The second-order valence-corrected chi connectivity index (χ2v) is 8.29. The van der Waals surface area contributed by atoms with E-state index in [0.717, 1.165) is 35.7 Å². The van der Waals surface area contributed by atoms with Crippen molar-refractivity contribution in [3.63, 3.8) is 0 Å². The summed E-state index contributed by atoms with van der Waals surface area (Å²) in [7, 11) is 0. The van der Waals surface area contributed by atoms with Gasteiger partial charge in [-0.25, -0.2) is 9.29 Å². The van der Waals surface area contributed by atoms with Crippen molar-refractivity contribution >= 4 is 46.0 Å². The number of likely N-dealkylation sites (tertiary alicyclic amines) is 1. The molecule has 1 aromatic heterocycles. The highest BCUT2D eigenvalue weighted by Gasteiger charge is 2.43. The zero-order valence-electron chi connectivity index (χ0n) is 14.7. The predicted molar refractivity (Wildman–Crippen MR) is 105 cm³/mol. The molecule has 1 saturated heterocycles. The average molecular weight is 405 g/mol. The minimum absolute atomic E-state index is 0.120. The molecule has 2 aliphatic heterocycles. The zero-order valence-corrected chi connectivity index (χ0v) is 16.3. The van der Waals surface area contributed by atoms with E-state index >= 15 is 0 Å². The van der Waals surface area contributed by atoms with Gasteiger partial charge >= 0.3 is 0 Å². The van der Waals surface area contributed by atoms with Crippen LogP contribution in [-0.2, 0) is 9.59 Å². The Kier molecular flexibility index (Phi) is 4.78. The van der Waals surface area contributed by atoms with Gasteiger partial charge in [0.2, 0.25) is 0 Å². The van der Waals surface area contributed by atoms with Crippen LogP contribution in [0, 0.1) is 11.7 Å². The number of benzene rings is 1. The van der Waals surface area contributed by atoms with Crippen LogP contribution in [0.1, 0.15) is 24.6 Å². The Morgan fingerprint density at radius 1 is 1.22 bits per heavy atom. The zero-order chi connectivity index (χ0) is 19.1. The van der Waals surface area contributed by atoms with Gasteiger partial charge in [0, 0.05) is 18.0 Å². The normalized spacial score (nSPS) is 20.8. The van der Waals surface area contributed by atoms with Gasteiger partial charge in [-0.2, -0.15) is 0 Å². The van der Waals surface area contributed by atoms with Gasteiger partial charge in [-0.05, 0) is 48.4 Å². The second-order valence-electron chi connectivity index (χ2n) is 6.94. The molecule has 27 heavy (non-hydrogen) atoms. The average Bonchev–Trinajstić information content (AvgIpc) is 3.24. The van der Waals surface area contributed by atoms with Crippen molar-refractivity contribution in [1.82, 2.24) is 4.90 Å². The van der Waals surface area contributed by atoms with Crippen molar-refractivity contribution in [3.8, 4) is 0 Å². The van der Waals surface area contributed by atoms with Crippen LogP contribution in [0.3, 0.4) is 0 Å². The van der Waals surface area contributed by atoms with Crippen LogP contribution in [0.4, 0.5) is 10.1 Å². The number of thiophene rings is 1. The molecule has 0 saturated carbocycles. The number of rotatable bonds is 3. The minimum Gasteiger partial charge on any atom is -0.366 e. The highest BCUT2D eigenvalue weighted by Crippen LogP contribution is 2.38. The molecule has 2 amide bonds. The lowest BCUT2D eigenvalue weighted by Crippen LogP contribution is -2.39. The van der Waals surface area contributed by atoms with Crippen LogP contribution in [0.25, 0.3) is 5.57 Å². The minimum atomic E-state index is -0.587. The highest BCUT2D eigenvalue weighted by molar-refractivity contribution is 7.11. The number of hydrogen-bond donors (Lipinski definition) is 0. The fraction of sp³-hybridized carbons (Fsp3) is 0.300. The molecular formula is C20H18ClFN2O2S. The van der Waals surface area contributed by atoms with Gasteiger partial charge in [0.25, 0.3) is 11.8 Å². The molecule has 1 aromatic carbocycles. The molecule has 4 rings (SSSR count). The first kappa shape index (κ1) is 18.2. The summed E-state index contributed by atoms with van der Waals surface area (Å²) in [6.45, 7) is 3.63. The number of anilines is 1. The molecule has 2 aliphatic rings. The van der Waals surface area contributed by atoms with E-state index in [9.17, 15) is 14.0 Å². The fourth-order valence-electron chi connectivity index (χ4n) is 3.71. The summed E-state index contributed by atoms with van der Waals surface area (Å²) in [5.74, 6) is -0.900. The Labute approximate surface area is 165 Å². The summed E-state index contributed by atoms with van der Waals surface area (Å²) in [6.07, 6.45) is 2.09. The van der Waals surface area contributed by atoms with Crippen LogP contribution in [0.5, 0.6) is 0 Å². The maximum absolute atomic E-state index is 13.6. The first-order chi connectivity index (χ1) is 13.0. The lowest BCUT2D eigenvalue weighted by atomic mass is 9.99. The molecule has 1 atom stereocenters. The Balaban J connectivity index is 1.80. The monoisotopic (exact) mass is 404 g/mol. The summed E-state index contributed by atoms with van der Waals surface area (Å²) >= 11 is 7.31. The molecule has 0 aliphatic carbocycles. The van der Waals surface area contributed by atoms with Crippen molar-refractivity contribution in [2.75, 3.05) is 18.0 Å². The highest BCUT2D eigenvalue weighted by atomic mass is 35.5. The summed E-state index contributed by atoms with van der Waals surface area (Å²) < 4.78 is 13.6. The number of nitrogens with zero attached hydrogens (tertiary/aromatic N) is 2. The van der Waals surface area contributed by atoms with E-state index in [-0.39, 0.29) is 16.6 Å². The van der Waals surface area contributed by atoms with E-state index in [2.05, 4.69) is 6.92 Å². The number of imide groups is 1. The van der Waals surface area contributed by atoms with Gasteiger partial charge in [-0.1, -0.05) is 24.6 Å². The third-order valence-electron chi connectivity index (χ3n) is 4.96. The first-order valence-electron chi connectivity index (χ1n) is 8.84. The molecule has 1 unspecified atom stereocenters. The number of carbonyl (C=O) groups is 2. The lowest BCUT2D eigenvalue weighted by Gasteiger charge is -2.33. The molecule has 0 radical (unpaired) electrons. The quantitative estimate of drug-likeness (QED) is 0.704. The van der Waals surface area contributed by atoms with Crippen molar-refractivity contribution in [1.29, 1.82) is 0 Å². The molecule has 0 spiro atoms. The van der Waals surface area contributed by atoms with Crippen molar-refractivity contribution in [2.45, 2.75) is 19.8 Å². The van der Waals surface area contributed by atoms with E-state index in [1.165, 1.54) is 29.5 Å². The van der Waals surface area contributed by atoms with E-state index in [0.29, 0.717) is 17.2 Å². The number of hydrogen-bond acceptors (Lipinski definition) is 4. The fourth-order valence-corrected chi connectivity index (χ4v) is 4.64. The maximum Gasteiger partial charge on any atom is 0.282 e. The molecule has 2 aromatic rings. The van der Waals surface area contributed by atoms with Gasteiger partial charge in [-0.3, -0.25) is 9.59 Å². The van der Waals surface area contributed by atoms with Crippen LogP contribution >= 0.6 is 22.9 Å². The number of amides is 2. The number of piperidine rings is 1. The van der Waals surface area contributed by atoms with Gasteiger partial charge in [0.15, 0.2) is 0 Å². The largest absolute Gasteiger partial charge is 0.366 e. The maximum atomic E-state index is 13.6. The van der Waals surface area contributed by atoms with Crippen molar-refractivity contribution in [3.05, 3.63) is 57.1 Å². The predicted octanol–water partition coefficient (Wildman–Crippen LogP) is 4.56. The first-order valence-corrected chi connectivity index (χ1v) is 10.1. The van der Waals surface area contributed by atoms with E-state index in [1.54, 1.807) is 0 Å². The van der Waals surface area contributed by atoms with Crippen LogP contribution in [0.15, 0.2) is 41.4 Å². The standard InChI is InChI=1S/C20H18ClFN2O2S/c1-12-4-2-8-23(11-12)18-17(16-5-3-9-27-16)19(25)24(20(18)26)13-6-7-15(22)14(21)10-13/h3,5-7,9-10,12H,2,4,8,11H2,1H3. The number of halogens is 2. The van der Waals surface area contributed by atoms with Gasteiger partial charge in [0.05, 0.1) is 16.3 Å². The van der Waals surface area contributed by atoms with Crippen LogP contribution in [-0.4, -0.2) is 29.8 Å². The van der Waals surface area contributed by atoms with Crippen molar-refractivity contribution in [2.24, 2.45) is 5.92 Å². The summed E-state index contributed by atoms with van der Waals surface area (Å²) in [4.78, 5) is 30.4. The van der Waals surface area contributed by atoms with E-state index < -0.39 is 11.7 Å². The molecule has 3 heterocycles. The summed E-state index contributed by atoms with van der Waals surface area (Å²) in [5.41, 5.74) is 1.14. The molecule has 4 nitrogen and oxygen atoms in total. The van der Waals surface area contributed by atoms with E-state index in [4.69, 9.17) is 11.6 Å². The molecule has 140 valence electrons. The van der Waals surface area contributed by atoms with Crippen molar-refractivity contribution < 1.29 is 14.0 Å². The SMILES string of the molecule is CC1CCCN(C2=C(c3cccs3)C(=O)N(c3ccc(F)c(Cl)c3)C2=O)C1. The van der Waals surface area contributed by atoms with Crippen LogP contribution < -0.4 is 4.90 Å². The topological polar surface area (TPSA) is 40.6 Å². The Morgan fingerprint density at radius 2 is 2.04 bits per heavy atom. The van der Waals surface area contributed by atoms with Gasteiger partial charge in [-0.15, -0.1) is 11.3 Å².